The van der Waals surface area contributed by atoms with Gasteiger partial charge in [-0.1, -0.05) is 13.8 Å². The molecule has 1 aliphatic heterocycles. The van der Waals surface area contributed by atoms with Crippen molar-refractivity contribution >= 4 is 0 Å². The first kappa shape index (κ1) is 13.9. The van der Waals surface area contributed by atoms with E-state index in [-0.39, 0.29) is 0 Å². The molecule has 1 N–H and O–H groups in total. The molecule has 16 heavy (non-hydrogen) atoms. The monoisotopic (exact) mass is 229 g/mol. The fourth-order valence-electron chi connectivity index (χ4n) is 1.87. The van der Waals surface area contributed by atoms with Crippen molar-refractivity contribution < 1.29 is 9.84 Å². The second-order valence-electron chi connectivity index (χ2n) is 5.63. The molecule has 3 nitrogen and oxygen atoms in total. The first-order valence-corrected chi connectivity index (χ1v) is 6.52. The number of nitrogens with zero attached hydrogens (tertiary/aromatic N) is 1. The molecule has 0 saturated carbocycles. The fourth-order valence-corrected chi connectivity index (χ4v) is 1.87. The topological polar surface area (TPSA) is 32.7 Å². The van der Waals surface area contributed by atoms with Crippen LogP contribution in [0.2, 0.25) is 0 Å². The van der Waals surface area contributed by atoms with Crippen molar-refractivity contribution in [1.82, 2.24) is 4.90 Å². The van der Waals surface area contributed by atoms with Gasteiger partial charge in [-0.2, -0.15) is 0 Å². The van der Waals surface area contributed by atoms with E-state index in [1.807, 2.05) is 6.92 Å². The predicted octanol–water partition coefficient (Wildman–Crippen LogP) is 1.90. The van der Waals surface area contributed by atoms with Crippen LogP contribution in [0, 0.1) is 5.92 Å². The SMILES string of the molecule is CC(C)CCOCCN1CCC(C)(O)CC1. The van der Waals surface area contributed by atoms with E-state index < -0.39 is 5.60 Å². The highest BCUT2D eigenvalue weighted by molar-refractivity contribution is 4.81. The van der Waals surface area contributed by atoms with Crippen LogP contribution in [0.4, 0.5) is 0 Å². The number of aliphatic hydroxyl groups is 1. The zero-order chi connectivity index (χ0) is 12.0. The van der Waals surface area contributed by atoms with E-state index in [1.54, 1.807) is 0 Å². The largest absolute Gasteiger partial charge is 0.390 e. The van der Waals surface area contributed by atoms with Gasteiger partial charge in [0, 0.05) is 26.2 Å². The van der Waals surface area contributed by atoms with Crippen LogP contribution in [0.3, 0.4) is 0 Å². The van der Waals surface area contributed by atoms with Gasteiger partial charge in [0.2, 0.25) is 0 Å². The summed E-state index contributed by atoms with van der Waals surface area (Å²) in [6, 6.07) is 0. The standard InChI is InChI=1S/C13H27NO2/c1-12(2)4-10-16-11-9-14-7-5-13(3,15)6-8-14/h12,15H,4-11H2,1-3H3. The van der Waals surface area contributed by atoms with Gasteiger partial charge in [0.25, 0.3) is 0 Å². The summed E-state index contributed by atoms with van der Waals surface area (Å²) in [6.45, 7) is 11.1. The van der Waals surface area contributed by atoms with Crippen molar-refractivity contribution in [2.75, 3.05) is 32.8 Å². The Morgan fingerprint density at radius 1 is 1.25 bits per heavy atom. The normalized spacial score (nSPS) is 21.6. The van der Waals surface area contributed by atoms with Crippen LogP contribution in [-0.2, 0) is 4.74 Å². The predicted molar refractivity (Wildman–Crippen MR) is 66.6 cm³/mol. The Labute approximate surface area is 99.8 Å². The van der Waals surface area contributed by atoms with Gasteiger partial charge in [0.15, 0.2) is 0 Å². The summed E-state index contributed by atoms with van der Waals surface area (Å²) in [5.41, 5.74) is -0.436. The Balaban J connectivity index is 1.98. The second-order valence-corrected chi connectivity index (χ2v) is 5.63. The van der Waals surface area contributed by atoms with Crippen molar-refractivity contribution in [3.8, 4) is 0 Å². The van der Waals surface area contributed by atoms with E-state index in [0.29, 0.717) is 0 Å². The summed E-state index contributed by atoms with van der Waals surface area (Å²) in [5.74, 6) is 0.727. The molecule has 0 unspecified atom stereocenters. The highest BCUT2D eigenvalue weighted by Crippen LogP contribution is 2.20. The van der Waals surface area contributed by atoms with Gasteiger partial charge < -0.3 is 14.7 Å². The summed E-state index contributed by atoms with van der Waals surface area (Å²) in [6.07, 6.45) is 2.92. The van der Waals surface area contributed by atoms with E-state index in [4.69, 9.17) is 4.74 Å². The Morgan fingerprint density at radius 3 is 2.44 bits per heavy atom. The van der Waals surface area contributed by atoms with Gasteiger partial charge in [-0.25, -0.2) is 0 Å². The summed E-state index contributed by atoms with van der Waals surface area (Å²) in [5, 5.41) is 9.81. The van der Waals surface area contributed by atoms with E-state index in [9.17, 15) is 5.11 Å². The summed E-state index contributed by atoms with van der Waals surface area (Å²) >= 11 is 0. The van der Waals surface area contributed by atoms with Crippen LogP contribution in [0.25, 0.3) is 0 Å². The maximum Gasteiger partial charge on any atom is 0.0644 e. The lowest BCUT2D eigenvalue weighted by atomic mass is 9.94. The van der Waals surface area contributed by atoms with Crippen molar-refractivity contribution in [2.24, 2.45) is 5.92 Å². The Morgan fingerprint density at radius 2 is 1.88 bits per heavy atom. The Kier molecular flexibility index (Phi) is 5.73. The molecule has 0 aromatic rings. The molecule has 1 saturated heterocycles. The van der Waals surface area contributed by atoms with Crippen LogP contribution in [0.1, 0.15) is 40.0 Å². The van der Waals surface area contributed by atoms with Crippen LogP contribution >= 0.6 is 0 Å². The molecule has 1 rings (SSSR count). The molecule has 0 aliphatic carbocycles. The van der Waals surface area contributed by atoms with E-state index in [2.05, 4.69) is 18.7 Å². The minimum absolute atomic E-state index is 0.436. The zero-order valence-corrected chi connectivity index (χ0v) is 11.0. The molecule has 0 aromatic heterocycles. The molecule has 1 heterocycles. The molecule has 3 heteroatoms. The van der Waals surface area contributed by atoms with Gasteiger partial charge in [-0.15, -0.1) is 0 Å². The fraction of sp³-hybridized carbons (Fsp3) is 1.00. The van der Waals surface area contributed by atoms with Crippen LogP contribution in [0.15, 0.2) is 0 Å². The lowest BCUT2D eigenvalue weighted by Crippen LogP contribution is -2.43. The average molecular weight is 229 g/mol. The molecule has 0 atom stereocenters. The van der Waals surface area contributed by atoms with Crippen LogP contribution in [-0.4, -0.2) is 48.5 Å². The van der Waals surface area contributed by atoms with Gasteiger partial charge in [-0.3, -0.25) is 0 Å². The highest BCUT2D eigenvalue weighted by atomic mass is 16.5. The number of hydrogen-bond acceptors (Lipinski definition) is 3. The highest BCUT2D eigenvalue weighted by Gasteiger charge is 2.26. The maximum atomic E-state index is 9.81. The third-order valence-corrected chi connectivity index (χ3v) is 3.32. The van der Waals surface area contributed by atoms with Crippen molar-refractivity contribution in [1.29, 1.82) is 0 Å². The Bertz CT molecular complexity index is 182. The number of piperidine rings is 1. The van der Waals surface area contributed by atoms with Gasteiger partial charge in [0.05, 0.1) is 12.2 Å². The summed E-state index contributed by atoms with van der Waals surface area (Å²) in [7, 11) is 0. The minimum atomic E-state index is -0.436. The quantitative estimate of drug-likeness (QED) is 0.706. The summed E-state index contributed by atoms with van der Waals surface area (Å²) in [4.78, 5) is 2.38. The van der Waals surface area contributed by atoms with Crippen molar-refractivity contribution in [2.45, 2.75) is 45.6 Å². The third kappa shape index (κ3) is 5.83. The second kappa shape index (κ2) is 6.58. The van der Waals surface area contributed by atoms with Crippen LogP contribution < -0.4 is 0 Å². The maximum absolute atomic E-state index is 9.81. The molecule has 0 spiro atoms. The number of ether oxygens (including phenoxy) is 1. The summed E-state index contributed by atoms with van der Waals surface area (Å²) < 4.78 is 5.60. The van der Waals surface area contributed by atoms with E-state index in [1.165, 1.54) is 0 Å². The van der Waals surface area contributed by atoms with Crippen LogP contribution in [0.5, 0.6) is 0 Å². The molecule has 1 aliphatic rings. The van der Waals surface area contributed by atoms with Gasteiger partial charge >= 0.3 is 0 Å². The average Bonchev–Trinajstić information content (AvgIpc) is 2.19. The number of hydrogen-bond donors (Lipinski definition) is 1. The first-order valence-electron chi connectivity index (χ1n) is 6.52. The molecule has 96 valence electrons. The van der Waals surface area contributed by atoms with Gasteiger partial charge in [-0.05, 0) is 32.1 Å². The molecule has 0 amide bonds. The zero-order valence-electron chi connectivity index (χ0n) is 11.0. The third-order valence-electron chi connectivity index (χ3n) is 3.32. The van der Waals surface area contributed by atoms with Gasteiger partial charge in [0.1, 0.15) is 0 Å². The molecule has 0 bridgehead atoms. The molecule has 0 radical (unpaired) electrons. The smallest absolute Gasteiger partial charge is 0.0644 e. The first-order chi connectivity index (χ1) is 7.49. The van der Waals surface area contributed by atoms with Crippen molar-refractivity contribution in [3.05, 3.63) is 0 Å². The number of rotatable bonds is 6. The van der Waals surface area contributed by atoms with Crippen molar-refractivity contribution in [3.63, 3.8) is 0 Å². The molecular formula is C13H27NO2. The Hall–Kier alpha value is -0.120. The van der Waals surface area contributed by atoms with E-state index >= 15 is 0 Å². The lowest BCUT2D eigenvalue weighted by molar-refractivity contribution is -0.0126. The minimum Gasteiger partial charge on any atom is -0.390 e. The lowest BCUT2D eigenvalue weighted by Gasteiger charge is -2.35. The molecule has 1 fully saturated rings. The molecular weight excluding hydrogens is 202 g/mol. The molecule has 0 aromatic carbocycles. The van der Waals surface area contributed by atoms with E-state index in [0.717, 1.165) is 58.0 Å². The number of likely N-dealkylation sites (tertiary alicyclic amines) is 1.